The SMILES string of the molecule is Br.CCC(=O)Oc1ccc2[nH]cc3c2c1CC(N(C)C)C3. The summed E-state index contributed by atoms with van der Waals surface area (Å²) < 4.78 is 5.51. The van der Waals surface area contributed by atoms with Gasteiger partial charge in [-0.05, 0) is 44.6 Å². The van der Waals surface area contributed by atoms with Crippen molar-refractivity contribution in [2.45, 2.75) is 32.2 Å². The lowest BCUT2D eigenvalue weighted by Crippen LogP contribution is -2.34. The number of aromatic nitrogens is 1. The first-order valence-corrected chi connectivity index (χ1v) is 7.09. The van der Waals surface area contributed by atoms with Crippen LogP contribution in [0.3, 0.4) is 0 Å². The van der Waals surface area contributed by atoms with Crippen LogP contribution in [0.5, 0.6) is 5.75 Å². The van der Waals surface area contributed by atoms with Crippen LogP contribution in [-0.4, -0.2) is 36.0 Å². The minimum absolute atomic E-state index is 0. The molecule has 1 aliphatic rings. The molecule has 1 heterocycles. The van der Waals surface area contributed by atoms with Crippen LogP contribution in [0.25, 0.3) is 10.9 Å². The molecule has 1 N–H and O–H groups in total. The van der Waals surface area contributed by atoms with Gasteiger partial charge in [-0.2, -0.15) is 0 Å². The maximum absolute atomic E-state index is 11.6. The fourth-order valence-corrected chi connectivity index (χ4v) is 2.93. The number of likely N-dealkylation sites (N-methyl/N-ethyl adjacent to an activating group) is 1. The van der Waals surface area contributed by atoms with Crippen LogP contribution in [0.4, 0.5) is 0 Å². The molecule has 1 aromatic carbocycles. The van der Waals surface area contributed by atoms with Gasteiger partial charge in [-0.15, -0.1) is 17.0 Å². The number of carbonyl (C=O) groups is 1. The zero-order valence-electron chi connectivity index (χ0n) is 12.6. The van der Waals surface area contributed by atoms with Crippen molar-refractivity contribution in [3.05, 3.63) is 29.5 Å². The molecule has 0 saturated carbocycles. The number of rotatable bonds is 3. The number of H-pyrrole nitrogens is 1. The summed E-state index contributed by atoms with van der Waals surface area (Å²) in [6.07, 6.45) is 4.43. The van der Waals surface area contributed by atoms with E-state index in [0.717, 1.165) is 29.7 Å². The number of benzene rings is 1. The van der Waals surface area contributed by atoms with E-state index in [1.165, 1.54) is 10.9 Å². The highest BCUT2D eigenvalue weighted by molar-refractivity contribution is 8.93. The highest BCUT2D eigenvalue weighted by Crippen LogP contribution is 2.36. The van der Waals surface area contributed by atoms with E-state index in [9.17, 15) is 4.79 Å². The predicted molar refractivity (Wildman–Crippen MR) is 89.4 cm³/mol. The van der Waals surface area contributed by atoms with Gasteiger partial charge in [0.15, 0.2) is 0 Å². The molecule has 0 saturated heterocycles. The number of hydrogen-bond acceptors (Lipinski definition) is 3. The molecule has 0 radical (unpaired) electrons. The average molecular weight is 353 g/mol. The van der Waals surface area contributed by atoms with Gasteiger partial charge < -0.3 is 14.6 Å². The van der Waals surface area contributed by atoms with E-state index in [4.69, 9.17) is 4.74 Å². The van der Waals surface area contributed by atoms with Crippen LogP contribution in [0.2, 0.25) is 0 Å². The minimum atomic E-state index is -0.176. The Hall–Kier alpha value is -1.33. The molecular formula is C16H21BrN2O2. The molecule has 0 aliphatic heterocycles. The van der Waals surface area contributed by atoms with E-state index in [1.54, 1.807) is 0 Å². The Bertz CT molecular complexity index is 664. The summed E-state index contributed by atoms with van der Waals surface area (Å²) in [6.45, 7) is 1.82. The fourth-order valence-electron chi connectivity index (χ4n) is 2.93. The number of esters is 1. The van der Waals surface area contributed by atoms with E-state index in [2.05, 4.69) is 30.2 Å². The molecule has 0 spiro atoms. The fraction of sp³-hybridized carbons (Fsp3) is 0.438. The Balaban J connectivity index is 0.00000161. The second-order valence-electron chi connectivity index (χ2n) is 5.63. The van der Waals surface area contributed by atoms with Gasteiger partial charge in [0.2, 0.25) is 0 Å². The lowest BCUT2D eigenvalue weighted by atomic mass is 9.88. The van der Waals surface area contributed by atoms with E-state index in [-0.39, 0.29) is 23.0 Å². The van der Waals surface area contributed by atoms with Gasteiger partial charge in [0, 0.05) is 35.1 Å². The molecule has 1 aromatic heterocycles. The maximum Gasteiger partial charge on any atom is 0.310 e. The first kappa shape index (κ1) is 16.0. The van der Waals surface area contributed by atoms with E-state index in [0.29, 0.717) is 12.5 Å². The molecule has 4 nitrogen and oxygen atoms in total. The topological polar surface area (TPSA) is 45.3 Å². The summed E-state index contributed by atoms with van der Waals surface area (Å²) in [7, 11) is 4.19. The first-order valence-electron chi connectivity index (χ1n) is 7.09. The Morgan fingerprint density at radius 2 is 2.14 bits per heavy atom. The summed E-state index contributed by atoms with van der Waals surface area (Å²) in [4.78, 5) is 17.2. The molecular weight excluding hydrogens is 332 g/mol. The van der Waals surface area contributed by atoms with Gasteiger partial charge in [-0.25, -0.2) is 0 Å². The van der Waals surface area contributed by atoms with E-state index >= 15 is 0 Å². The Morgan fingerprint density at radius 3 is 2.81 bits per heavy atom. The summed E-state index contributed by atoms with van der Waals surface area (Å²) in [5.41, 5.74) is 3.60. The Labute approximate surface area is 135 Å². The smallest absolute Gasteiger partial charge is 0.310 e. The monoisotopic (exact) mass is 352 g/mol. The largest absolute Gasteiger partial charge is 0.426 e. The molecule has 1 unspecified atom stereocenters. The molecule has 0 amide bonds. The lowest BCUT2D eigenvalue weighted by Gasteiger charge is -2.29. The summed E-state index contributed by atoms with van der Waals surface area (Å²) >= 11 is 0. The second kappa shape index (κ2) is 6.20. The Morgan fingerprint density at radius 1 is 1.38 bits per heavy atom. The van der Waals surface area contributed by atoms with Crippen molar-refractivity contribution < 1.29 is 9.53 Å². The van der Waals surface area contributed by atoms with Gasteiger partial charge in [-0.3, -0.25) is 4.79 Å². The predicted octanol–water partition coefficient (Wildman–Crippen LogP) is 3.09. The molecule has 21 heavy (non-hydrogen) atoms. The van der Waals surface area contributed by atoms with Crippen molar-refractivity contribution in [2.24, 2.45) is 0 Å². The molecule has 2 aromatic rings. The number of carbonyl (C=O) groups excluding carboxylic acids is 1. The second-order valence-corrected chi connectivity index (χ2v) is 5.63. The van der Waals surface area contributed by atoms with E-state index in [1.807, 2.05) is 19.1 Å². The Kier molecular flexibility index (Phi) is 4.74. The molecule has 5 heteroatoms. The van der Waals surface area contributed by atoms with Gasteiger partial charge in [-0.1, -0.05) is 6.92 Å². The van der Waals surface area contributed by atoms with Crippen LogP contribution in [0, 0.1) is 0 Å². The third-order valence-corrected chi connectivity index (χ3v) is 4.13. The van der Waals surface area contributed by atoms with Crippen molar-refractivity contribution in [1.29, 1.82) is 0 Å². The number of hydrogen-bond donors (Lipinski definition) is 1. The highest BCUT2D eigenvalue weighted by atomic mass is 79.9. The van der Waals surface area contributed by atoms with Crippen LogP contribution < -0.4 is 4.74 Å². The number of halogens is 1. The number of aromatic amines is 1. The van der Waals surface area contributed by atoms with Crippen LogP contribution in [-0.2, 0) is 17.6 Å². The highest BCUT2D eigenvalue weighted by Gasteiger charge is 2.26. The van der Waals surface area contributed by atoms with Crippen molar-refractivity contribution in [1.82, 2.24) is 9.88 Å². The van der Waals surface area contributed by atoms with Crippen LogP contribution in [0.15, 0.2) is 18.3 Å². The van der Waals surface area contributed by atoms with Crippen molar-refractivity contribution in [2.75, 3.05) is 14.1 Å². The van der Waals surface area contributed by atoms with Gasteiger partial charge in [0.25, 0.3) is 0 Å². The molecule has 114 valence electrons. The molecule has 0 bridgehead atoms. The molecule has 1 atom stereocenters. The van der Waals surface area contributed by atoms with Gasteiger partial charge in [0.05, 0.1) is 0 Å². The minimum Gasteiger partial charge on any atom is -0.426 e. The molecule has 1 aliphatic carbocycles. The third kappa shape index (κ3) is 2.85. The zero-order chi connectivity index (χ0) is 14.3. The molecule has 0 fully saturated rings. The average Bonchev–Trinajstić information content (AvgIpc) is 2.85. The standard InChI is InChI=1S/C16H20N2O2.BrH/c1-4-15(19)20-14-6-5-13-16-10(9-17-13)7-11(18(2)3)8-12(14)16;/h5-6,9,11,17H,4,7-8H2,1-3H3;1H. The van der Waals surface area contributed by atoms with E-state index < -0.39 is 0 Å². The summed E-state index contributed by atoms with van der Waals surface area (Å²) in [5.74, 6) is 0.543. The van der Waals surface area contributed by atoms with Crippen LogP contribution >= 0.6 is 17.0 Å². The molecule has 3 rings (SSSR count). The summed E-state index contributed by atoms with van der Waals surface area (Å²) in [5, 5.41) is 1.24. The first-order chi connectivity index (χ1) is 9.60. The quantitative estimate of drug-likeness (QED) is 0.681. The summed E-state index contributed by atoms with van der Waals surface area (Å²) in [6, 6.07) is 4.35. The lowest BCUT2D eigenvalue weighted by molar-refractivity contribution is -0.134. The number of nitrogens with one attached hydrogen (secondary N) is 1. The van der Waals surface area contributed by atoms with Crippen molar-refractivity contribution >= 4 is 33.9 Å². The third-order valence-electron chi connectivity index (χ3n) is 4.13. The maximum atomic E-state index is 11.6. The van der Waals surface area contributed by atoms with Gasteiger partial charge >= 0.3 is 5.97 Å². The van der Waals surface area contributed by atoms with Crippen molar-refractivity contribution in [3.8, 4) is 5.75 Å². The van der Waals surface area contributed by atoms with Crippen LogP contribution in [0.1, 0.15) is 24.5 Å². The zero-order valence-corrected chi connectivity index (χ0v) is 14.3. The van der Waals surface area contributed by atoms with Gasteiger partial charge in [0.1, 0.15) is 5.75 Å². The van der Waals surface area contributed by atoms with Crippen molar-refractivity contribution in [3.63, 3.8) is 0 Å². The number of nitrogens with zero attached hydrogens (tertiary/aromatic N) is 1. The normalized spacial score (nSPS) is 16.9. The number of ether oxygens (including phenoxy) is 1.